The van der Waals surface area contributed by atoms with Gasteiger partial charge in [-0.2, -0.15) is 0 Å². The van der Waals surface area contributed by atoms with Gasteiger partial charge in [0.05, 0.1) is 19.1 Å². The minimum Gasteiger partial charge on any atom is -0.466 e. The number of carbonyl (C=O) groups is 1. The average molecular weight is 241 g/mol. The highest BCUT2D eigenvalue weighted by molar-refractivity contribution is 5.72. The molecule has 2 aliphatic heterocycles. The molecule has 0 N–H and O–H groups in total. The molecule has 4 heteroatoms. The third kappa shape index (κ3) is 3.68. The highest BCUT2D eigenvalue weighted by atomic mass is 16.5. The van der Waals surface area contributed by atoms with Crippen LogP contribution in [0.3, 0.4) is 0 Å². The van der Waals surface area contributed by atoms with Gasteiger partial charge in [0, 0.05) is 19.7 Å². The van der Waals surface area contributed by atoms with Crippen molar-refractivity contribution in [3.63, 3.8) is 0 Å². The van der Waals surface area contributed by atoms with Crippen molar-refractivity contribution in [2.24, 2.45) is 11.8 Å². The molecule has 2 atom stereocenters. The van der Waals surface area contributed by atoms with Crippen molar-refractivity contribution >= 4 is 5.97 Å². The van der Waals surface area contributed by atoms with Crippen molar-refractivity contribution < 1.29 is 14.3 Å². The maximum Gasteiger partial charge on any atom is 0.310 e. The van der Waals surface area contributed by atoms with Gasteiger partial charge in [-0.3, -0.25) is 4.79 Å². The molecule has 0 aromatic heterocycles. The molecule has 0 saturated carbocycles. The van der Waals surface area contributed by atoms with E-state index in [0.29, 0.717) is 12.5 Å². The van der Waals surface area contributed by atoms with Gasteiger partial charge in [0.25, 0.3) is 0 Å². The van der Waals surface area contributed by atoms with E-state index >= 15 is 0 Å². The lowest BCUT2D eigenvalue weighted by molar-refractivity contribution is -0.150. The van der Waals surface area contributed by atoms with E-state index in [0.717, 1.165) is 45.7 Å². The van der Waals surface area contributed by atoms with Crippen LogP contribution in [0.2, 0.25) is 0 Å². The zero-order chi connectivity index (χ0) is 12.1. The SMILES string of the molecule is CCOC(=O)[C@H]1CCCN(CC2CCOC2)C1. The second-order valence-electron chi connectivity index (χ2n) is 5.08. The molecule has 17 heavy (non-hydrogen) atoms. The number of likely N-dealkylation sites (tertiary alicyclic amines) is 1. The predicted octanol–water partition coefficient (Wildman–Crippen LogP) is 1.30. The van der Waals surface area contributed by atoms with Crippen molar-refractivity contribution in [3.8, 4) is 0 Å². The number of hydrogen-bond acceptors (Lipinski definition) is 4. The minimum atomic E-state index is -0.0140. The maximum absolute atomic E-state index is 11.7. The molecule has 1 unspecified atom stereocenters. The number of nitrogens with zero attached hydrogens (tertiary/aromatic N) is 1. The number of carbonyl (C=O) groups excluding carboxylic acids is 1. The highest BCUT2D eigenvalue weighted by Crippen LogP contribution is 2.21. The summed E-state index contributed by atoms with van der Waals surface area (Å²) in [6.45, 7) is 7.22. The van der Waals surface area contributed by atoms with Crippen LogP contribution in [0, 0.1) is 11.8 Å². The van der Waals surface area contributed by atoms with Gasteiger partial charge >= 0.3 is 5.97 Å². The van der Waals surface area contributed by atoms with Gasteiger partial charge in [-0.05, 0) is 38.6 Å². The molecule has 2 heterocycles. The predicted molar refractivity (Wildman–Crippen MR) is 64.7 cm³/mol. The van der Waals surface area contributed by atoms with E-state index in [1.54, 1.807) is 0 Å². The fourth-order valence-electron chi connectivity index (χ4n) is 2.77. The topological polar surface area (TPSA) is 38.8 Å². The lowest BCUT2D eigenvalue weighted by atomic mass is 9.97. The first-order valence-corrected chi connectivity index (χ1v) is 6.76. The van der Waals surface area contributed by atoms with Crippen LogP contribution < -0.4 is 0 Å². The summed E-state index contributed by atoms with van der Waals surface area (Å²) in [7, 11) is 0. The molecule has 4 nitrogen and oxygen atoms in total. The zero-order valence-electron chi connectivity index (χ0n) is 10.7. The quantitative estimate of drug-likeness (QED) is 0.695. The molecule has 0 spiro atoms. The van der Waals surface area contributed by atoms with Crippen LogP contribution in [0.25, 0.3) is 0 Å². The van der Waals surface area contributed by atoms with E-state index in [4.69, 9.17) is 9.47 Å². The van der Waals surface area contributed by atoms with Gasteiger partial charge in [-0.15, -0.1) is 0 Å². The molecule has 0 aromatic carbocycles. The summed E-state index contributed by atoms with van der Waals surface area (Å²) in [5.74, 6) is 0.738. The van der Waals surface area contributed by atoms with Crippen LogP contribution >= 0.6 is 0 Å². The van der Waals surface area contributed by atoms with Crippen molar-refractivity contribution in [2.75, 3.05) is 39.5 Å². The molecule has 98 valence electrons. The maximum atomic E-state index is 11.7. The lowest BCUT2D eigenvalue weighted by Crippen LogP contribution is -2.41. The second-order valence-corrected chi connectivity index (χ2v) is 5.08. The molecule has 0 amide bonds. The molecule has 0 aromatic rings. The lowest BCUT2D eigenvalue weighted by Gasteiger charge is -2.32. The first kappa shape index (κ1) is 12.8. The van der Waals surface area contributed by atoms with Gasteiger partial charge < -0.3 is 14.4 Å². The average Bonchev–Trinajstić information content (AvgIpc) is 2.82. The molecule has 0 aliphatic carbocycles. The highest BCUT2D eigenvalue weighted by Gasteiger charge is 2.28. The summed E-state index contributed by atoms with van der Waals surface area (Å²) >= 11 is 0. The van der Waals surface area contributed by atoms with Crippen LogP contribution in [0.1, 0.15) is 26.2 Å². The molecule has 2 aliphatic rings. The zero-order valence-corrected chi connectivity index (χ0v) is 10.7. The summed E-state index contributed by atoms with van der Waals surface area (Å²) in [6, 6.07) is 0. The Hall–Kier alpha value is -0.610. The molecular weight excluding hydrogens is 218 g/mol. The summed E-state index contributed by atoms with van der Waals surface area (Å²) < 4.78 is 10.5. The third-order valence-corrected chi connectivity index (χ3v) is 3.67. The number of hydrogen-bond donors (Lipinski definition) is 0. The Morgan fingerprint density at radius 2 is 2.35 bits per heavy atom. The number of ether oxygens (including phenoxy) is 2. The van der Waals surface area contributed by atoms with Gasteiger partial charge in [0.2, 0.25) is 0 Å². The van der Waals surface area contributed by atoms with Crippen LogP contribution in [0.5, 0.6) is 0 Å². The number of esters is 1. The van der Waals surface area contributed by atoms with Gasteiger partial charge in [-0.1, -0.05) is 0 Å². The number of piperidine rings is 1. The Labute approximate surface area is 103 Å². The fourth-order valence-corrected chi connectivity index (χ4v) is 2.77. The number of rotatable bonds is 4. The molecule has 0 bridgehead atoms. The Morgan fingerprint density at radius 1 is 1.47 bits per heavy atom. The largest absolute Gasteiger partial charge is 0.466 e. The van der Waals surface area contributed by atoms with Crippen LogP contribution in [-0.4, -0.2) is 50.3 Å². The summed E-state index contributed by atoms with van der Waals surface area (Å²) in [5.41, 5.74) is 0. The van der Waals surface area contributed by atoms with Gasteiger partial charge in [0.1, 0.15) is 0 Å². The Balaban J connectivity index is 1.77. The van der Waals surface area contributed by atoms with E-state index in [1.807, 2.05) is 6.92 Å². The van der Waals surface area contributed by atoms with Crippen molar-refractivity contribution in [3.05, 3.63) is 0 Å². The fraction of sp³-hybridized carbons (Fsp3) is 0.923. The Kier molecular flexibility index (Phi) is 4.80. The van der Waals surface area contributed by atoms with Crippen molar-refractivity contribution in [1.82, 2.24) is 4.90 Å². The van der Waals surface area contributed by atoms with Crippen LogP contribution in [0.15, 0.2) is 0 Å². The van der Waals surface area contributed by atoms with E-state index < -0.39 is 0 Å². The van der Waals surface area contributed by atoms with E-state index in [1.165, 1.54) is 6.42 Å². The van der Waals surface area contributed by atoms with E-state index in [9.17, 15) is 4.79 Å². The van der Waals surface area contributed by atoms with Gasteiger partial charge in [-0.25, -0.2) is 0 Å². The molecule has 2 fully saturated rings. The normalized spacial score (nSPS) is 30.4. The van der Waals surface area contributed by atoms with E-state index in [2.05, 4.69) is 4.90 Å². The van der Waals surface area contributed by atoms with Gasteiger partial charge in [0.15, 0.2) is 0 Å². The molecule has 2 saturated heterocycles. The first-order valence-electron chi connectivity index (χ1n) is 6.76. The Bertz CT molecular complexity index is 251. The summed E-state index contributed by atoms with van der Waals surface area (Å²) in [4.78, 5) is 14.1. The first-order chi connectivity index (χ1) is 8.29. The van der Waals surface area contributed by atoms with Crippen molar-refractivity contribution in [1.29, 1.82) is 0 Å². The summed E-state index contributed by atoms with van der Waals surface area (Å²) in [6.07, 6.45) is 3.26. The van der Waals surface area contributed by atoms with Crippen LogP contribution in [-0.2, 0) is 14.3 Å². The standard InChI is InChI=1S/C13H23NO3/c1-2-17-13(15)12-4-3-6-14(9-12)8-11-5-7-16-10-11/h11-12H,2-10H2,1H3/t11?,12-/m0/s1. The smallest absolute Gasteiger partial charge is 0.310 e. The van der Waals surface area contributed by atoms with Crippen LogP contribution in [0.4, 0.5) is 0 Å². The van der Waals surface area contributed by atoms with Crippen molar-refractivity contribution in [2.45, 2.75) is 26.2 Å². The molecule has 2 rings (SSSR count). The summed E-state index contributed by atoms with van der Waals surface area (Å²) in [5, 5.41) is 0. The minimum absolute atomic E-state index is 0.0140. The van der Waals surface area contributed by atoms with E-state index in [-0.39, 0.29) is 11.9 Å². The molecular formula is C13H23NO3. The second kappa shape index (κ2) is 6.36. The monoisotopic (exact) mass is 241 g/mol. The Morgan fingerprint density at radius 3 is 3.06 bits per heavy atom. The third-order valence-electron chi connectivity index (χ3n) is 3.67. The molecule has 0 radical (unpaired) electrons.